The van der Waals surface area contributed by atoms with E-state index in [0.29, 0.717) is 12.8 Å². The molecular weight excluding hydrogens is 128 g/mol. The van der Waals surface area contributed by atoms with Gasteiger partial charge in [0.1, 0.15) is 5.78 Å². The molecule has 0 aromatic heterocycles. The highest BCUT2D eigenvalue weighted by molar-refractivity contribution is 5.87. The van der Waals surface area contributed by atoms with Crippen LogP contribution < -0.4 is 0 Å². The van der Waals surface area contributed by atoms with Crippen molar-refractivity contribution in [3.05, 3.63) is 0 Å². The molecule has 0 atom stereocenters. The van der Waals surface area contributed by atoms with Crippen LogP contribution in [0.1, 0.15) is 26.7 Å². The van der Waals surface area contributed by atoms with Crippen molar-refractivity contribution < 1.29 is 4.79 Å². The molecule has 0 amide bonds. The fraction of sp³-hybridized carbons (Fsp3) is 0.571. The minimum Gasteiger partial charge on any atom is -0.300 e. The number of hydrogen-bond acceptors (Lipinski definition) is 3. The Balaban J connectivity index is 3.62. The molecule has 0 aromatic rings. The Bertz CT molecular complexity index is 188. The van der Waals surface area contributed by atoms with E-state index in [0.717, 1.165) is 5.71 Å². The van der Waals surface area contributed by atoms with Crippen LogP contribution in [0, 0.1) is 11.5 Å². The molecular formula is C7H10N2O. The Morgan fingerprint density at radius 2 is 2.10 bits per heavy atom. The van der Waals surface area contributed by atoms with Crippen LogP contribution in [0.3, 0.4) is 0 Å². The number of carbonyl (C=O) groups is 1. The van der Waals surface area contributed by atoms with Crippen LogP contribution >= 0.6 is 0 Å². The second-order valence-electron chi connectivity index (χ2n) is 2.15. The Hall–Kier alpha value is -1.17. The molecule has 3 heteroatoms. The van der Waals surface area contributed by atoms with E-state index in [9.17, 15) is 4.79 Å². The molecule has 0 aliphatic rings. The van der Waals surface area contributed by atoms with Crippen molar-refractivity contribution in [1.82, 2.24) is 0 Å². The molecule has 0 unspecified atom stereocenters. The van der Waals surface area contributed by atoms with Gasteiger partial charge in [-0.3, -0.25) is 0 Å². The van der Waals surface area contributed by atoms with Gasteiger partial charge in [-0.2, -0.15) is 10.3 Å². The van der Waals surface area contributed by atoms with Crippen molar-refractivity contribution in [2.75, 3.05) is 0 Å². The Morgan fingerprint density at radius 3 is 2.50 bits per heavy atom. The fourth-order valence-corrected chi connectivity index (χ4v) is 0.498. The van der Waals surface area contributed by atoms with Crippen LogP contribution in [0.25, 0.3) is 0 Å². The van der Waals surface area contributed by atoms with Gasteiger partial charge in [-0.15, -0.1) is 0 Å². The van der Waals surface area contributed by atoms with Crippen LogP contribution in [0.15, 0.2) is 4.99 Å². The maximum absolute atomic E-state index is 10.4. The van der Waals surface area contributed by atoms with E-state index >= 15 is 0 Å². The number of nitrogens with zero attached hydrogens (tertiary/aromatic N) is 2. The van der Waals surface area contributed by atoms with E-state index < -0.39 is 0 Å². The average Bonchev–Trinajstić information content (AvgIpc) is 1.85. The maximum Gasteiger partial charge on any atom is 0.205 e. The first-order chi connectivity index (χ1) is 4.66. The molecule has 0 spiro atoms. The molecule has 0 N–H and O–H groups in total. The number of hydrogen-bond donors (Lipinski definition) is 0. The maximum atomic E-state index is 10.4. The van der Waals surface area contributed by atoms with E-state index in [1.165, 1.54) is 6.92 Å². The lowest BCUT2D eigenvalue weighted by Gasteiger charge is -1.91. The van der Waals surface area contributed by atoms with E-state index in [2.05, 4.69) is 4.99 Å². The number of rotatable bonds is 3. The summed E-state index contributed by atoms with van der Waals surface area (Å²) >= 11 is 0. The monoisotopic (exact) mass is 138 g/mol. The highest BCUT2D eigenvalue weighted by Crippen LogP contribution is 1.92. The van der Waals surface area contributed by atoms with Crippen molar-refractivity contribution in [2.45, 2.75) is 26.7 Å². The molecule has 0 heterocycles. The molecule has 0 fully saturated rings. The van der Waals surface area contributed by atoms with Gasteiger partial charge in [-0.1, -0.05) is 0 Å². The third-order valence-corrected chi connectivity index (χ3v) is 1.08. The number of ketones is 1. The zero-order valence-corrected chi connectivity index (χ0v) is 6.22. The number of Topliss-reactive ketones (excluding diaryl/α,β-unsaturated/α-hetero) is 1. The SMILES string of the molecule is CC(=O)CCC(C)=NC#N. The summed E-state index contributed by atoms with van der Waals surface area (Å²) in [5.74, 6) is 0.132. The first kappa shape index (κ1) is 8.83. The van der Waals surface area contributed by atoms with Crippen LogP contribution in [0.2, 0.25) is 0 Å². The minimum atomic E-state index is 0.132. The zero-order chi connectivity index (χ0) is 7.98. The number of aliphatic imine (C=N–C) groups is 1. The molecule has 0 saturated carbocycles. The predicted molar refractivity (Wildman–Crippen MR) is 38.6 cm³/mol. The van der Waals surface area contributed by atoms with Crippen molar-refractivity contribution in [1.29, 1.82) is 5.26 Å². The molecule has 0 aromatic carbocycles. The first-order valence-corrected chi connectivity index (χ1v) is 3.08. The molecule has 54 valence electrons. The zero-order valence-electron chi connectivity index (χ0n) is 6.22. The normalized spacial score (nSPS) is 10.7. The summed E-state index contributed by atoms with van der Waals surface area (Å²) in [6.45, 7) is 3.27. The molecule has 3 nitrogen and oxygen atoms in total. The summed E-state index contributed by atoms with van der Waals surface area (Å²) in [4.78, 5) is 13.9. The highest BCUT2D eigenvalue weighted by atomic mass is 16.1. The molecule has 0 rings (SSSR count). The van der Waals surface area contributed by atoms with Gasteiger partial charge < -0.3 is 4.79 Å². The highest BCUT2D eigenvalue weighted by Gasteiger charge is 1.94. The summed E-state index contributed by atoms with van der Waals surface area (Å²) in [6.07, 6.45) is 2.75. The van der Waals surface area contributed by atoms with Gasteiger partial charge in [0.2, 0.25) is 6.19 Å². The summed E-state index contributed by atoms with van der Waals surface area (Å²) in [5.41, 5.74) is 0.720. The lowest BCUT2D eigenvalue weighted by atomic mass is 10.2. The molecule has 0 aliphatic heterocycles. The fourth-order valence-electron chi connectivity index (χ4n) is 0.498. The summed E-state index contributed by atoms with van der Waals surface area (Å²) in [5, 5.41) is 8.08. The van der Waals surface area contributed by atoms with E-state index in [4.69, 9.17) is 5.26 Å². The molecule has 0 radical (unpaired) electrons. The average molecular weight is 138 g/mol. The third-order valence-electron chi connectivity index (χ3n) is 1.08. The lowest BCUT2D eigenvalue weighted by Crippen LogP contribution is -1.96. The van der Waals surface area contributed by atoms with Crippen LogP contribution in [0.4, 0.5) is 0 Å². The van der Waals surface area contributed by atoms with Crippen LogP contribution in [-0.2, 0) is 4.79 Å². The summed E-state index contributed by atoms with van der Waals surface area (Å²) in [6, 6.07) is 0. The van der Waals surface area contributed by atoms with Gasteiger partial charge >= 0.3 is 0 Å². The topological polar surface area (TPSA) is 53.2 Å². The Morgan fingerprint density at radius 1 is 1.50 bits per heavy atom. The Kier molecular flexibility index (Phi) is 4.14. The first-order valence-electron chi connectivity index (χ1n) is 3.08. The largest absolute Gasteiger partial charge is 0.300 e. The molecule has 0 bridgehead atoms. The van der Waals surface area contributed by atoms with Crippen molar-refractivity contribution in [2.24, 2.45) is 4.99 Å². The number of nitriles is 1. The van der Waals surface area contributed by atoms with Crippen molar-refractivity contribution in [3.8, 4) is 6.19 Å². The Labute approximate surface area is 60.4 Å². The second-order valence-corrected chi connectivity index (χ2v) is 2.15. The standard InChI is InChI=1S/C7H10N2O/c1-6(9-5-8)3-4-7(2)10/h3-4H2,1-2H3. The number of carbonyl (C=O) groups excluding carboxylic acids is 1. The van der Waals surface area contributed by atoms with Gasteiger partial charge in [0.05, 0.1) is 0 Å². The lowest BCUT2D eigenvalue weighted by molar-refractivity contribution is -0.116. The molecule has 0 saturated heterocycles. The van der Waals surface area contributed by atoms with Gasteiger partial charge in [-0.25, -0.2) is 0 Å². The van der Waals surface area contributed by atoms with Gasteiger partial charge in [0.25, 0.3) is 0 Å². The van der Waals surface area contributed by atoms with Gasteiger partial charge in [0.15, 0.2) is 0 Å². The molecule has 0 aliphatic carbocycles. The minimum absolute atomic E-state index is 0.132. The van der Waals surface area contributed by atoms with Gasteiger partial charge in [0, 0.05) is 12.1 Å². The van der Waals surface area contributed by atoms with E-state index in [-0.39, 0.29) is 5.78 Å². The molecule has 10 heavy (non-hydrogen) atoms. The van der Waals surface area contributed by atoms with E-state index in [1.54, 1.807) is 13.1 Å². The van der Waals surface area contributed by atoms with Crippen molar-refractivity contribution >= 4 is 11.5 Å². The summed E-state index contributed by atoms with van der Waals surface area (Å²) in [7, 11) is 0. The quantitative estimate of drug-likeness (QED) is 0.436. The third kappa shape index (κ3) is 4.98. The summed E-state index contributed by atoms with van der Waals surface area (Å²) < 4.78 is 0. The van der Waals surface area contributed by atoms with Crippen LogP contribution in [-0.4, -0.2) is 11.5 Å². The van der Waals surface area contributed by atoms with Crippen LogP contribution in [0.5, 0.6) is 0 Å². The van der Waals surface area contributed by atoms with E-state index in [1.807, 2.05) is 0 Å². The van der Waals surface area contributed by atoms with Crippen molar-refractivity contribution in [3.63, 3.8) is 0 Å². The smallest absolute Gasteiger partial charge is 0.205 e. The van der Waals surface area contributed by atoms with Gasteiger partial charge in [-0.05, 0) is 20.3 Å². The predicted octanol–water partition coefficient (Wildman–Crippen LogP) is 1.30. The second kappa shape index (κ2) is 4.68.